The number of halogens is 1. The molecular weight excluding hydrogens is 439 g/mol. The molecule has 1 atom stereocenters. The Balaban J connectivity index is 1.67. The molecule has 1 fully saturated rings. The summed E-state index contributed by atoms with van der Waals surface area (Å²) < 4.78 is 18.9. The van der Waals surface area contributed by atoms with Crippen molar-refractivity contribution in [1.82, 2.24) is 19.9 Å². The van der Waals surface area contributed by atoms with Gasteiger partial charge in [0.15, 0.2) is 5.82 Å². The van der Waals surface area contributed by atoms with Gasteiger partial charge in [-0.3, -0.25) is 4.79 Å². The van der Waals surface area contributed by atoms with Crippen LogP contribution in [0.5, 0.6) is 0 Å². The molecule has 3 heterocycles. The van der Waals surface area contributed by atoms with Gasteiger partial charge in [0.1, 0.15) is 28.8 Å². The van der Waals surface area contributed by atoms with Gasteiger partial charge in [-0.05, 0) is 63.9 Å². The number of pyridine rings is 1. The van der Waals surface area contributed by atoms with Crippen LogP contribution in [0.2, 0.25) is 0 Å². The number of aromatic nitrogens is 3. The molecule has 0 unspecified atom stereocenters. The molecule has 1 aliphatic heterocycles. The largest absolute Gasteiger partial charge is 0.444 e. The number of benzene rings is 1. The van der Waals surface area contributed by atoms with Crippen molar-refractivity contribution in [2.45, 2.75) is 45.3 Å². The zero-order valence-electron chi connectivity index (χ0n) is 19.3. The van der Waals surface area contributed by atoms with Gasteiger partial charge in [0.05, 0.1) is 11.3 Å². The molecule has 3 aromatic rings. The lowest BCUT2D eigenvalue weighted by Gasteiger charge is -2.34. The van der Waals surface area contributed by atoms with Gasteiger partial charge in [0.2, 0.25) is 0 Å². The second-order valence-corrected chi connectivity index (χ2v) is 9.26. The number of likely N-dealkylation sites (tertiary alicyclic amines) is 1. The minimum absolute atomic E-state index is 0.104. The van der Waals surface area contributed by atoms with Crippen LogP contribution in [-0.2, 0) is 4.74 Å². The highest BCUT2D eigenvalue weighted by molar-refractivity contribution is 6.06. The third-order valence-electron chi connectivity index (χ3n) is 5.41. The van der Waals surface area contributed by atoms with E-state index in [1.165, 1.54) is 18.5 Å². The SMILES string of the molecule is CC(C)(C)OC(=O)N1CCC[C@H](Nc2ncnc3c(C(N)=O)cc(-c4ccc(F)cc4)nc23)C1. The van der Waals surface area contributed by atoms with Crippen molar-refractivity contribution in [2.24, 2.45) is 5.73 Å². The number of nitrogens with two attached hydrogens (primary N) is 1. The Bertz CT molecular complexity index is 1230. The normalized spacial score (nSPS) is 16.4. The van der Waals surface area contributed by atoms with Crippen molar-refractivity contribution in [2.75, 3.05) is 18.4 Å². The van der Waals surface area contributed by atoms with Crippen LogP contribution in [0.1, 0.15) is 44.0 Å². The van der Waals surface area contributed by atoms with E-state index in [1.54, 1.807) is 23.1 Å². The molecular formula is C24H27FN6O3. The van der Waals surface area contributed by atoms with Gasteiger partial charge in [-0.2, -0.15) is 0 Å². The van der Waals surface area contributed by atoms with Crippen LogP contribution in [0, 0.1) is 5.82 Å². The molecule has 2 aromatic heterocycles. The fourth-order valence-corrected chi connectivity index (χ4v) is 3.88. The summed E-state index contributed by atoms with van der Waals surface area (Å²) in [5, 5.41) is 3.35. The lowest BCUT2D eigenvalue weighted by molar-refractivity contribution is 0.0206. The maximum atomic E-state index is 13.4. The zero-order chi connectivity index (χ0) is 24.5. The first-order chi connectivity index (χ1) is 16.1. The molecule has 1 saturated heterocycles. The van der Waals surface area contributed by atoms with Crippen molar-refractivity contribution in [3.63, 3.8) is 0 Å². The number of ether oxygens (including phenoxy) is 1. The molecule has 0 spiro atoms. The Labute approximate surface area is 196 Å². The first-order valence-electron chi connectivity index (χ1n) is 11.1. The first kappa shape index (κ1) is 23.3. The number of hydrogen-bond donors (Lipinski definition) is 2. The highest BCUT2D eigenvalue weighted by Crippen LogP contribution is 2.28. The number of anilines is 1. The Morgan fingerprint density at radius 1 is 1.18 bits per heavy atom. The number of nitrogens with one attached hydrogen (secondary N) is 1. The van der Waals surface area contributed by atoms with E-state index in [9.17, 15) is 14.0 Å². The zero-order valence-corrected chi connectivity index (χ0v) is 19.3. The van der Waals surface area contributed by atoms with Crippen molar-refractivity contribution >= 4 is 28.9 Å². The number of primary amides is 1. The van der Waals surface area contributed by atoms with Crippen molar-refractivity contribution < 1.29 is 18.7 Å². The fraction of sp³-hybridized carbons (Fsp3) is 0.375. The summed E-state index contributed by atoms with van der Waals surface area (Å²) in [6, 6.07) is 7.22. The maximum absolute atomic E-state index is 13.4. The number of rotatable bonds is 4. The molecule has 0 aliphatic carbocycles. The van der Waals surface area contributed by atoms with Crippen LogP contribution in [0.25, 0.3) is 22.3 Å². The van der Waals surface area contributed by atoms with E-state index < -0.39 is 11.5 Å². The molecule has 10 heteroatoms. The van der Waals surface area contributed by atoms with Crippen LogP contribution in [0.4, 0.5) is 15.0 Å². The lowest BCUT2D eigenvalue weighted by Crippen LogP contribution is -2.47. The predicted molar refractivity (Wildman–Crippen MR) is 126 cm³/mol. The van der Waals surface area contributed by atoms with Crippen molar-refractivity contribution in [3.8, 4) is 11.3 Å². The Morgan fingerprint density at radius 3 is 2.59 bits per heavy atom. The van der Waals surface area contributed by atoms with E-state index in [4.69, 9.17) is 10.5 Å². The number of fused-ring (bicyclic) bond motifs is 1. The third kappa shape index (κ3) is 5.22. The van der Waals surface area contributed by atoms with Crippen LogP contribution in [-0.4, -0.2) is 56.6 Å². The second kappa shape index (κ2) is 9.20. The molecule has 1 aliphatic rings. The number of hydrogen-bond acceptors (Lipinski definition) is 7. The number of carbonyl (C=O) groups excluding carboxylic acids is 2. The average Bonchev–Trinajstić information content (AvgIpc) is 2.78. The third-order valence-corrected chi connectivity index (χ3v) is 5.41. The molecule has 3 N–H and O–H groups in total. The summed E-state index contributed by atoms with van der Waals surface area (Å²) in [6.07, 6.45) is 2.58. The van der Waals surface area contributed by atoms with E-state index in [0.717, 1.165) is 12.8 Å². The summed E-state index contributed by atoms with van der Waals surface area (Å²) in [4.78, 5) is 39.6. The number of nitrogens with zero attached hydrogens (tertiary/aromatic N) is 4. The Morgan fingerprint density at radius 2 is 1.91 bits per heavy atom. The lowest BCUT2D eigenvalue weighted by atomic mass is 10.1. The summed E-state index contributed by atoms with van der Waals surface area (Å²) in [5.41, 5.74) is 6.98. The Kier molecular flexibility index (Phi) is 6.32. The standard InChI is InChI=1S/C24H27FN6O3/c1-24(2,3)34-23(33)31-10-4-5-16(12-31)29-22-20-19(27-13-28-22)17(21(26)32)11-18(30-20)14-6-8-15(25)9-7-14/h6-9,11,13,16H,4-5,10,12H2,1-3H3,(H2,26,32)(H,27,28,29)/t16-/m0/s1. The molecule has 0 saturated carbocycles. The van der Waals surface area contributed by atoms with E-state index in [2.05, 4.69) is 20.3 Å². The van der Waals surface area contributed by atoms with E-state index in [-0.39, 0.29) is 23.5 Å². The summed E-state index contributed by atoms with van der Waals surface area (Å²) in [7, 11) is 0. The van der Waals surface area contributed by atoms with Crippen LogP contribution in [0.3, 0.4) is 0 Å². The minimum Gasteiger partial charge on any atom is -0.444 e. The van der Waals surface area contributed by atoms with Crippen molar-refractivity contribution in [1.29, 1.82) is 0 Å². The summed E-state index contributed by atoms with van der Waals surface area (Å²) in [6.45, 7) is 6.53. The molecule has 34 heavy (non-hydrogen) atoms. The molecule has 0 radical (unpaired) electrons. The summed E-state index contributed by atoms with van der Waals surface area (Å²) >= 11 is 0. The topological polar surface area (TPSA) is 123 Å². The summed E-state index contributed by atoms with van der Waals surface area (Å²) in [5.74, 6) is -0.612. The smallest absolute Gasteiger partial charge is 0.410 e. The van der Waals surface area contributed by atoms with Crippen LogP contribution < -0.4 is 11.1 Å². The van der Waals surface area contributed by atoms with Gasteiger partial charge in [-0.25, -0.2) is 24.1 Å². The first-order valence-corrected chi connectivity index (χ1v) is 11.1. The number of carbonyl (C=O) groups is 2. The molecule has 9 nitrogen and oxygen atoms in total. The van der Waals surface area contributed by atoms with Gasteiger partial charge < -0.3 is 20.7 Å². The molecule has 1 aromatic carbocycles. The second-order valence-electron chi connectivity index (χ2n) is 9.26. The fourth-order valence-electron chi connectivity index (χ4n) is 3.88. The van der Waals surface area contributed by atoms with Gasteiger partial charge in [0, 0.05) is 24.7 Å². The average molecular weight is 467 g/mol. The van der Waals surface area contributed by atoms with Gasteiger partial charge in [0.25, 0.3) is 5.91 Å². The highest BCUT2D eigenvalue weighted by atomic mass is 19.1. The van der Waals surface area contributed by atoms with Crippen molar-refractivity contribution in [3.05, 3.63) is 48.0 Å². The van der Waals surface area contributed by atoms with E-state index >= 15 is 0 Å². The molecule has 4 rings (SSSR count). The quantitative estimate of drug-likeness (QED) is 0.600. The van der Waals surface area contributed by atoms with E-state index in [1.807, 2.05) is 20.8 Å². The van der Waals surface area contributed by atoms with Gasteiger partial charge >= 0.3 is 6.09 Å². The monoisotopic (exact) mass is 466 g/mol. The Hall–Kier alpha value is -3.82. The predicted octanol–water partition coefficient (Wildman–Crippen LogP) is 3.74. The van der Waals surface area contributed by atoms with Gasteiger partial charge in [-0.15, -0.1) is 0 Å². The molecule has 0 bridgehead atoms. The van der Waals surface area contributed by atoms with E-state index in [0.29, 0.717) is 41.2 Å². The number of piperidine rings is 1. The molecule has 178 valence electrons. The van der Waals surface area contributed by atoms with Crippen LogP contribution in [0.15, 0.2) is 36.7 Å². The van der Waals surface area contributed by atoms with Crippen LogP contribution >= 0.6 is 0 Å². The minimum atomic E-state index is -0.658. The number of amides is 2. The maximum Gasteiger partial charge on any atom is 0.410 e. The van der Waals surface area contributed by atoms with Gasteiger partial charge in [-0.1, -0.05) is 0 Å². The molecule has 2 amide bonds. The highest BCUT2D eigenvalue weighted by Gasteiger charge is 2.28.